The molecular weight excluding hydrogens is 266 g/mol. The van der Waals surface area contributed by atoms with Crippen LogP contribution in [0.25, 0.3) is 0 Å². The lowest BCUT2D eigenvalue weighted by atomic mass is 10.3. The predicted molar refractivity (Wildman–Crippen MR) is 62.4 cm³/mol. The van der Waals surface area contributed by atoms with Gasteiger partial charge in [0.25, 0.3) is 0 Å². The van der Waals surface area contributed by atoms with Gasteiger partial charge in [0, 0.05) is 13.1 Å². The summed E-state index contributed by atoms with van der Waals surface area (Å²) in [7, 11) is 0. The Bertz CT molecular complexity index is 661. The van der Waals surface area contributed by atoms with E-state index in [0.29, 0.717) is 19.6 Å². The van der Waals surface area contributed by atoms with Crippen LogP contribution in [0.1, 0.15) is 16.3 Å². The van der Waals surface area contributed by atoms with Crippen LogP contribution >= 0.6 is 0 Å². The molecule has 0 aliphatic carbocycles. The smallest absolute Gasteiger partial charge is 0.358 e. The van der Waals surface area contributed by atoms with E-state index in [-0.39, 0.29) is 18.1 Å². The van der Waals surface area contributed by atoms with Crippen molar-refractivity contribution < 1.29 is 14.7 Å². The molecule has 1 amide bonds. The zero-order valence-corrected chi connectivity index (χ0v) is 10.4. The molecule has 0 radical (unpaired) electrons. The topological polar surface area (TPSA) is 119 Å². The van der Waals surface area contributed by atoms with Crippen molar-refractivity contribution in [1.29, 1.82) is 0 Å². The fourth-order valence-corrected chi connectivity index (χ4v) is 1.99. The molecule has 3 rings (SSSR count). The Hall–Kier alpha value is -2.78. The molecule has 20 heavy (non-hydrogen) atoms. The van der Waals surface area contributed by atoms with E-state index in [0.717, 1.165) is 5.82 Å². The second kappa shape index (κ2) is 4.72. The van der Waals surface area contributed by atoms with Gasteiger partial charge in [-0.2, -0.15) is 0 Å². The molecule has 0 atom stereocenters. The van der Waals surface area contributed by atoms with E-state index in [1.54, 1.807) is 11.2 Å². The van der Waals surface area contributed by atoms with Gasteiger partial charge < -0.3 is 14.6 Å². The van der Waals surface area contributed by atoms with Crippen LogP contribution in [0.5, 0.6) is 0 Å². The number of carboxylic acids is 1. The van der Waals surface area contributed by atoms with Crippen LogP contribution in [0.15, 0.2) is 12.5 Å². The van der Waals surface area contributed by atoms with Crippen molar-refractivity contribution in [2.24, 2.45) is 0 Å². The maximum absolute atomic E-state index is 12.1. The zero-order chi connectivity index (χ0) is 14.1. The van der Waals surface area contributed by atoms with Crippen LogP contribution < -0.4 is 0 Å². The van der Waals surface area contributed by atoms with E-state index >= 15 is 0 Å². The first kappa shape index (κ1) is 12.3. The molecule has 0 aromatic carbocycles. The van der Waals surface area contributed by atoms with E-state index in [2.05, 4.69) is 20.5 Å². The number of aromatic nitrogens is 6. The summed E-state index contributed by atoms with van der Waals surface area (Å²) in [6.07, 6.45) is 2.86. The first-order chi connectivity index (χ1) is 9.63. The largest absolute Gasteiger partial charge is 0.476 e. The Labute approximate surface area is 112 Å². The van der Waals surface area contributed by atoms with Crippen molar-refractivity contribution in [2.45, 2.75) is 19.6 Å². The van der Waals surface area contributed by atoms with Crippen LogP contribution in [0, 0.1) is 0 Å². The van der Waals surface area contributed by atoms with Crippen molar-refractivity contribution >= 4 is 11.9 Å². The van der Waals surface area contributed by atoms with E-state index < -0.39 is 5.97 Å². The molecule has 0 fully saturated rings. The van der Waals surface area contributed by atoms with Gasteiger partial charge >= 0.3 is 5.97 Å². The molecule has 0 saturated heterocycles. The summed E-state index contributed by atoms with van der Waals surface area (Å²) in [6.45, 7) is 1.55. The van der Waals surface area contributed by atoms with Crippen molar-refractivity contribution in [3.63, 3.8) is 0 Å². The Balaban J connectivity index is 1.66. The molecule has 10 heteroatoms. The highest BCUT2D eigenvalue weighted by Crippen LogP contribution is 2.09. The number of hydrogen-bond donors (Lipinski definition) is 1. The maximum Gasteiger partial charge on any atom is 0.358 e. The van der Waals surface area contributed by atoms with Crippen LogP contribution in [-0.4, -0.2) is 58.2 Å². The molecule has 1 aliphatic rings. The fraction of sp³-hybridized carbons (Fsp3) is 0.400. The molecule has 10 nitrogen and oxygen atoms in total. The molecular formula is C10H11N7O3. The molecule has 0 saturated carbocycles. The monoisotopic (exact) mass is 277 g/mol. The van der Waals surface area contributed by atoms with Gasteiger partial charge in [-0.3, -0.25) is 4.79 Å². The maximum atomic E-state index is 12.1. The van der Waals surface area contributed by atoms with E-state index in [4.69, 9.17) is 5.11 Å². The SMILES string of the molecule is O=C(O)c1cn(CC(=O)N2CCn3cnnc3C2)nn1. The second-order valence-electron chi connectivity index (χ2n) is 4.36. The van der Waals surface area contributed by atoms with Crippen LogP contribution in [-0.2, 0) is 24.4 Å². The molecule has 1 N–H and O–H groups in total. The highest BCUT2D eigenvalue weighted by molar-refractivity contribution is 5.84. The summed E-state index contributed by atoms with van der Waals surface area (Å²) in [5, 5.41) is 23.5. The third kappa shape index (κ3) is 2.22. The van der Waals surface area contributed by atoms with E-state index in [1.165, 1.54) is 10.9 Å². The van der Waals surface area contributed by atoms with Crippen molar-refractivity contribution in [2.75, 3.05) is 6.54 Å². The van der Waals surface area contributed by atoms with Gasteiger partial charge in [0.1, 0.15) is 12.9 Å². The minimum absolute atomic E-state index is 0.0472. The number of hydrogen-bond acceptors (Lipinski definition) is 6. The van der Waals surface area contributed by atoms with Crippen LogP contribution in [0.2, 0.25) is 0 Å². The molecule has 2 aromatic heterocycles. The van der Waals surface area contributed by atoms with Crippen LogP contribution in [0.4, 0.5) is 0 Å². The summed E-state index contributed by atoms with van der Waals surface area (Å²) in [6, 6.07) is 0. The number of rotatable bonds is 3. The molecule has 3 heterocycles. The van der Waals surface area contributed by atoms with Crippen molar-refractivity contribution in [3.8, 4) is 0 Å². The Kier molecular flexibility index (Phi) is 2.89. The summed E-state index contributed by atoms with van der Waals surface area (Å²) in [4.78, 5) is 24.4. The van der Waals surface area contributed by atoms with Crippen LogP contribution in [0.3, 0.4) is 0 Å². The lowest BCUT2D eigenvalue weighted by Crippen LogP contribution is -2.40. The van der Waals surface area contributed by atoms with Crippen molar-refractivity contribution in [3.05, 3.63) is 24.0 Å². The Morgan fingerprint density at radius 2 is 2.15 bits per heavy atom. The lowest BCUT2D eigenvalue weighted by molar-refractivity contribution is -0.133. The average molecular weight is 277 g/mol. The summed E-state index contributed by atoms with van der Waals surface area (Å²) in [5.74, 6) is -0.606. The molecule has 0 spiro atoms. The first-order valence-corrected chi connectivity index (χ1v) is 5.91. The zero-order valence-electron chi connectivity index (χ0n) is 10.4. The number of carbonyl (C=O) groups is 2. The standard InChI is InChI=1S/C10H11N7O3/c18-9(5-17-3-7(10(19)20)12-14-17)15-1-2-16-6-11-13-8(16)4-15/h3,6H,1-2,4-5H2,(H,19,20). The third-order valence-corrected chi connectivity index (χ3v) is 3.05. The number of amides is 1. The minimum Gasteiger partial charge on any atom is -0.476 e. The number of fused-ring (bicyclic) bond motifs is 1. The van der Waals surface area contributed by atoms with Gasteiger partial charge in [-0.15, -0.1) is 15.3 Å². The fourth-order valence-electron chi connectivity index (χ4n) is 1.99. The lowest BCUT2D eigenvalue weighted by Gasteiger charge is -2.26. The number of nitrogens with zero attached hydrogens (tertiary/aromatic N) is 7. The highest BCUT2D eigenvalue weighted by atomic mass is 16.4. The molecule has 0 unspecified atom stereocenters. The predicted octanol–water partition coefficient (Wildman–Crippen LogP) is -1.39. The van der Waals surface area contributed by atoms with Gasteiger partial charge in [0.05, 0.1) is 12.7 Å². The average Bonchev–Trinajstić information content (AvgIpc) is 3.05. The third-order valence-electron chi connectivity index (χ3n) is 3.05. The Morgan fingerprint density at radius 3 is 2.90 bits per heavy atom. The van der Waals surface area contributed by atoms with Gasteiger partial charge in [-0.05, 0) is 0 Å². The normalized spacial score (nSPS) is 14.1. The number of carboxylic acid groups (broad SMARTS) is 1. The van der Waals surface area contributed by atoms with Gasteiger partial charge in [-0.1, -0.05) is 5.21 Å². The van der Waals surface area contributed by atoms with Gasteiger partial charge in [-0.25, -0.2) is 9.48 Å². The minimum atomic E-state index is -1.17. The van der Waals surface area contributed by atoms with E-state index in [9.17, 15) is 9.59 Å². The number of carbonyl (C=O) groups excluding carboxylic acids is 1. The Morgan fingerprint density at radius 1 is 1.30 bits per heavy atom. The molecule has 2 aromatic rings. The first-order valence-electron chi connectivity index (χ1n) is 5.91. The molecule has 0 bridgehead atoms. The van der Waals surface area contributed by atoms with Gasteiger partial charge in [0.15, 0.2) is 11.5 Å². The quantitative estimate of drug-likeness (QED) is 0.733. The molecule has 104 valence electrons. The van der Waals surface area contributed by atoms with E-state index in [1.807, 2.05) is 4.57 Å². The van der Waals surface area contributed by atoms with Gasteiger partial charge in [0.2, 0.25) is 5.91 Å². The summed E-state index contributed by atoms with van der Waals surface area (Å²) >= 11 is 0. The highest BCUT2D eigenvalue weighted by Gasteiger charge is 2.22. The van der Waals surface area contributed by atoms with Crippen molar-refractivity contribution in [1.82, 2.24) is 34.7 Å². The number of aromatic carboxylic acids is 1. The summed E-state index contributed by atoms with van der Waals surface area (Å²) < 4.78 is 3.10. The summed E-state index contributed by atoms with van der Waals surface area (Å²) in [5.41, 5.74) is -0.184. The molecule has 1 aliphatic heterocycles. The second-order valence-corrected chi connectivity index (χ2v) is 4.36.